The van der Waals surface area contributed by atoms with Crippen LogP contribution in [0.5, 0.6) is 0 Å². The summed E-state index contributed by atoms with van der Waals surface area (Å²) < 4.78 is 37.4. The Labute approximate surface area is 147 Å². The SMILES string of the molecule is O=C(CCc1cccs1)NCCNC(=O)c1ccc(C(F)(F)F)cc1. The van der Waals surface area contributed by atoms with Crippen molar-refractivity contribution in [3.8, 4) is 0 Å². The second-order valence-electron chi connectivity index (χ2n) is 5.26. The van der Waals surface area contributed by atoms with Crippen LogP contribution in [0.15, 0.2) is 41.8 Å². The van der Waals surface area contributed by atoms with E-state index in [1.807, 2.05) is 17.5 Å². The Hall–Kier alpha value is -2.35. The highest BCUT2D eigenvalue weighted by Crippen LogP contribution is 2.29. The number of amides is 2. The second-order valence-corrected chi connectivity index (χ2v) is 6.29. The fraction of sp³-hybridized carbons (Fsp3) is 0.294. The van der Waals surface area contributed by atoms with Gasteiger partial charge >= 0.3 is 6.18 Å². The minimum atomic E-state index is -4.43. The lowest BCUT2D eigenvalue weighted by Gasteiger charge is -2.09. The van der Waals surface area contributed by atoms with Gasteiger partial charge in [-0.25, -0.2) is 0 Å². The molecular formula is C17H17F3N2O2S. The van der Waals surface area contributed by atoms with Crippen molar-refractivity contribution in [2.45, 2.75) is 19.0 Å². The Morgan fingerprint density at radius 2 is 1.68 bits per heavy atom. The molecule has 8 heteroatoms. The molecule has 2 amide bonds. The Bertz CT molecular complexity index is 698. The number of hydrogen-bond acceptors (Lipinski definition) is 3. The molecule has 0 saturated carbocycles. The Morgan fingerprint density at radius 1 is 1.00 bits per heavy atom. The minimum Gasteiger partial charge on any atom is -0.354 e. The highest BCUT2D eigenvalue weighted by molar-refractivity contribution is 7.09. The van der Waals surface area contributed by atoms with E-state index in [9.17, 15) is 22.8 Å². The largest absolute Gasteiger partial charge is 0.416 e. The van der Waals surface area contributed by atoms with Gasteiger partial charge in [0.1, 0.15) is 0 Å². The lowest BCUT2D eigenvalue weighted by atomic mass is 10.1. The zero-order chi connectivity index (χ0) is 18.3. The molecular weight excluding hydrogens is 353 g/mol. The summed E-state index contributed by atoms with van der Waals surface area (Å²) in [6.45, 7) is 0.459. The molecule has 0 aliphatic heterocycles. The molecule has 2 rings (SSSR count). The fourth-order valence-corrected chi connectivity index (χ4v) is 2.78. The van der Waals surface area contributed by atoms with Gasteiger partial charge in [0.25, 0.3) is 5.91 Å². The van der Waals surface area contributed by atoms with Gasteiger partial charge in [-0.2, -0.15) is 13.2 Å². The number of aryl methyl sites for hydroxylation is 1. The van der Waals surface area contributed by atoms with E-state index >= 15 is 0 Å². The number of thiophene rings is 1. The van der Waals surface area contributed by atoms with E-state index in [-0.39, 0.29) is 24.6 Å². The van der Waals surface area contributed by atoms with Crippen LogP contribution in [-0.4, -0.2) is 24.9 Å². The van der Waals surface area contributed by atoms with Gasteiger partial charge in [-0.15, -0.1) is 11.3 Å². The molecule has 2 N–H and O–H groups in total. The molecule has 0 saturated heterocycles. The third-order valence-corrected chi connectivity index (χ3v) is 4.32. The number of alkyl halides is 3. The first-order valence-electron chi connectivity index (χ1n) is 7.61. The molecule has 0 aliphatic rings. The van der Waals surface area contributed by atoms with Crippen molar-refractivity contribution in [1.82, 2.24) is 10.6 Å². The second kappa shape index (κ2) is 8.66. The van der Waals surface area contributed by atoms with Gasteiger partial charge in [-0.3, -0.25) is 9.59 Å². The molecule has 134 valence electrons. The molecule has 1 heterocycles. The molecule has 1 aromatic heterocycles. The standard InChI is InChI=1S/C17H17F3N2O2S/c18-17(19,20)13-5-3-12(4-6-13)16(24)22-10-9-21-15(23)8-7-14-2-1-11-25-14/h1-6,11H,7-10H2,(H,21,23)(H,22,24). The first-order chi connectivity index (χ1) is 11.9. The van der Waals surface area contributed by atoms with E-state index in [1.54, 1.807) is 11.3 Å². The van der Waals surface area contributed by atoms with Crippen LogP contribution in [0.3, 0.4) is 0 Å². The average Bonchev–Trinajstić information content (AvgIpc) is 3.09. The predicted octanol–water partition coefficient (Wildman–Crippen LogP) is 3.25. The highest BCUT2D eigenvalue weighted by Gasteiger charge is 2.30. The number of carbonyl (C=O) groups is 2. The van der Waals surface area contributed by atoms with E-state index in [0.717, 1.165) is 29.1 Å². The van der Waals surface area contributed by atoms with Crippen molar-refractivity contribution in [2.75, 3.05) is 13.1 Å². The first-order valence-corrected chi connectivity index (χ1v) is 8.49. The van der Waals surface area contributed by atoms with E-state index in [4.69, 9.17) is 0 Å². The molecule has 1 aromatic carbocycles. The number of benzene rings is 1. The van der Waals surface area contributed by atoms with Gasteiger partial charge in [0, 0.05) is 30.0 Å². The van der Waals surface area contributed by atoms with E-state index in [2.05, 4.69) is 10.6 Å². The summed E-state index contributed by atoms with van der Waals surface area (Å²) in [5.74, 6) is -0.598. The Morgan fingerprint density at radius 3 is 2.28 bits per heavy atom. The van der Waals surface area contributed by atoms with Crippen LogP contribution >= 0.6 is 11.3 Å². The van der Waals surface area contributed by atoms with Gasteiger partial charge in [0.15, 0.2) is 0 Å². The van der Waals surface area contributed by atoms with Gasteiger partial charge in [-0.05, 0) is 42.1 Å². The van der Waals surface area contributed by atoms with Crippen LogP contribution in [-0.2, 0) is 17.4 Å². The number of nitrogens with one attached hydrogen (secondary N) is 2. The summed E-state index contributed by atoms with van der Waals surface area (Å²) in [6, 6.07) is 7.86. The number of rotatable bonds is 7. The van der Waals surface area contributed by atoms with Crippen molar-refractivity contribution in [3.63, 3.8) is 0 Å². The summed E-state index contributed by atoms with van der Waals surface area (Å²) in [5.41, 5.74) is -0.668. The molecule has 0 aliphatic carbocycles. The maximum atomic E-state index is 12.5. The minimum absolute atomic E-state index is 0.114. The average molecular weight is 370 g/mol. The quantitative estimate of drug-likeness (QED) is 0.735. The predicted molar refractivity (Wildman–Crippen MR) is 89.4 cm³/mol. The number of hydrogen-bond donors (Lipinski definition) is 2. The van der Waals surface area contributed by atoms with Gasteiger partial charge < -0.3 is 10.6 Å². The zero-order valence-electron chi connectivity index (χ0n) is 13.2. The smallest absolute Gasteiger partial charge is 0.354 e. The molecule has 4 nitrogen and oxygen atoms in total. The van der Waals surface area contributed by atoms with Crippen molar-refractivity contribution >= 4 is 23.2 Å². The van der Waals surface area contributed by atoms with Crippen molar-refractivity contribution in [1.29, 1.82) is 0 Å². The van der Waals surface area contributed by atoms with E-state index < -0.39 is 17.6 Å². The molecule has 25 heavy (non-hydrogen) atoms. The van der Waals surface area contributed by atoms with E-state index in [1.165, 1.54) is 0 Å². The summed E-state index contributed by atoms with van der Waals surface area (Å²) in [7, 11) is 0. The van der Waals surface area contributed by atoms with Crippen molar-refractivity contribution < 1.29 is 22.8 Å². The Balaban J connectivity index is 1.67. The normalized spacial score (nSPS) is 11.2. The third-order valence-electron chi connectivity index (χ3n) is 3.39. The molecule has 0 spiro atoms. The maximum absolute atomic E-state index is 12.5. The zero-order valence-corrected chi connectivity index (χ0v) is 14.0. The fourth-order valence-electron chi connectivity index (χ4n) is 2.07. The molecule has 0 radical (unpaired) electrons. The van der Waals surface area contributed by atoms with Crippen molar-refractivity contribution in [2.24, 2.45) is 0 Å². The van der Waals surface area contributed by atoms with Crippen LogP contribution in [0.2, 0.25) is 0 Å². The van der Waals surface area contributed by atoms with Crippen LogP contribution in [0.1, 0.15) is 27.2 Å². The monoisotopic (exact) mass is 370 g/mol. The summed E-state index contributed by atoms with van der Waals surface area (Å²) in [6.07, 6.45) is -3.39. The van der Waals surface area contributed by atoms with Crippen LogP contribution < -0.4 is 10.6 Å². The number of carbonyl (C=O) groups excluding carboxylic acids is 2. The summed E-state index contributed by atoms with van der Waals surface area (Å²) in [5, 5.41) is 7.18. The van der Waals surface area contributed by atoms with Crippen LogP contribution in [0, 0.1) is 0 Å². The molecule has 0 bridgehead atoms. The maximum Gasteiger partial charge on any atom is 0.416 e. The van der Waals surface area contributed by atoms with Crippen molar-refractivity contribution in [3.05, 3.63) is 57.8 Å². The van der Waals surface area contributed by atoms with Crippen LogP contribution in [0.25, 0.3) is 0 Å². The lowest BCUT2D eigenvalue weighted by molar-refractivity contribution is -0.137. The molecule has 2 aromatic rings. The van der Waals surface area contributed by atoms with E-state index in [0.29, 0.717) is 12.8 Å². The molecule has 0 unspecified atom stereocenters. The highest BCUT2D eigenvalue weighted by atomic mass is 32.1. The van der Waals surface area contributed by atoms with Gasteiger partial charge in [0.2, 0.25) is 5.91 Å². The third kappa shape index (κ3) is 6.22. The summed E-state index contributed by atoms with van der Waals surface area (Å²) in [4.78, 5) is 24.6. The van der Waals surface area contributed by atoms with Gasteiger partial charge in [-0.1, -0.05) is 6.07 Å². The van der Waals surface area contributed by atoms with Gasteiger partial charge in [0.05, 0.1) is 5.56 Å². The van der Waals surface area contributed by atoms with Crippen LogP contribution in [0.4, 0.5) is 13.2 Å². The topological polar surface area (TPSA) is 58.2 Å². The molecule has 0 atom stereocenters. The molecule has 0 fully saturated rings. The Kier molecular flexibility index (Phi) is 6.58. The summed E-state index contributed by atoms with van der Waals surface area (Å²) >= 11 is 1.59. The number of halogens is 3. The lowest BCUT2D eigenvalue weighted by Crippen LogP contribution is -2.34. The first kappa shape index (κ1) is 19.0.